The fourth-order valence-corrected chi connectivity index (χ4v) is 9.78. The standard InChI is InChI=1S/C28H33ClN8O3Si.C22H19ClN8O2/c1-17(28(39)36-13-18(11-30)14-36)32-27(38)21-15-37(16-40-8-9-41(3,4)5)26-25(21)33-22(12-31-26)24-20-7-6-19(29)10-23(20)35(2)34-24;1-11(22(33)31-9-12(6-24)10-31)27-21(32)15-7-25-20-19(15)28-16(8-26-20)18-14-4-3-13(23)5-17(14)30(2)29-18/h6-7,10,12,15,17-18H,8-9,13-14,16H2,1-5H3,(H,32,38);3-5,7-8,11-12H,9-10H2,1-2H3,(H,25,26)(H,27,32)/t17-;11-/m11/s1. The number of hydrogen-bond donors (Lipinski definition) is 3. The third-order valence-electron chi connectivity index (χ3n) is 13.0. The number of aromatic amines is 1. The molecule has 2 fully saturated rings. The number of halogens is 2. The molecule has 24 heteroatoms. The number of aryl methyl sites for hydroxylation is 2. The average Bonchev–Trinajstić information content (AvgIpc) is 4.10. The van der Waals surface area contributed by atoms with Gasteiger partial charge in [0.25, 0.3) is 11.8 Å². The normalized spacial score (nSPS) is 14.7. The van der Waals surface area contributed by atoms with Gasteiger partial charge >= 0.3 is 0 Å². The molecule has 380 valence electrons. The van der Waals surface area contributed by atoms with Crippen LogP contribution in [-0.2, 0) is 35.2 Å². The number of nitriles is 2. The molecule has 0 radical (unpaired) electrons. The number of H-pyrrole nitrogens is 1. The van der Waals surface area contributed by atoms with E-state index in [2.05, 4.69) is 72.5 Å². The molecule has 2 aliphatic heterocycles. The molecule has 74 heavy (non-hydrogen) atoms. The smallest absolute Gasteiger partial charge is 0.255 e. The largest absolute Gasteiger partial charge is 0.361 e. The molecule has 2 atom stereocenters. The second-order valence-corrected chi connectivity index (χ2v) is 26.2. The van der Waals surface area contributed by atoms with Gasteiger partial charge in [-0.1, -0.05) is 42.8 Å². The number of likely N-dealkylation sites (tertiary alicyclic amines) is 2. The second-order valence-electron chi connectivity index (χ2n) is 19.7. The minimum absolute atomic E-state index is 0.141. The van der Waals surface area contributed by atoms with Crippen LogP contribution in [0.25, 0.3) is 66.9 Å². The molecule has 3 N–H and O–H groups in total. The fourth-order valence-electron chi connectivity index (χ4n) is 8.69. The minimum atomic E-state index is -1.27. The van der Waals surface area contributed by atoms with E-state index in [0.717, 1.165) is 27.8 Å². The van der Waals surface area contributed by atoms with Crippen molar-refractivity contribution in [3.8, 4) is 34.9 Å². The van der Waals surface area contributed by atoms with Crippen molar-refractivity contribution in [2.75, 3.05) is 32.8 Å². The van der Waals surface area contributed by atoms with E-state index in [-0.39, 0.29) is 41.5 Å². The number of nitrogens with one attached hydrogen (secondary N) is 3. The first-order valence-electron chi connectivity index (χ1n) is 23.8. The van der Waals surface area contributed by atoms with E-state index in [1.807, 2.05) is 38.4 Å². The molecule has 10 rings (SSSR count). The first-order chi connectivity index (χ1) is 35.3. The van der Waals surface area contributed by atoms with Crippen molar-refractivity contribution in [3.05, 3.63) is 82.4 Å². The van der Waals surface area contributed by atoms with Crippen LogP contribution in [0, 0.1) is 34.5 Å². The average molecular weight is 1060 g/mol. The van der Waals surface area contributed by atoms with Crippen LogP contribution < -0.4 is 10.6 Å². The van der Waals surface area contributed by atoms with Crippen molar-refractivity contribution in [1.29, 1.82) is 10.5 Å². The lowest BCUT2D eigenvalue weighted by Crippen LogP contribution is -2.55. The van der Waals surface area contributed by atoms with Crippen molar-refractivity contribution < 1.29 is 23.9 Å². The van der Waals surface area contributed by atoms with E-state index < -0.39 is 32.0 Å². The fraction of sp³-hybridized carbons (Fsp3) is 0.360. The Labute approximate surface area is 435 Å². The first kappa shape index (κ1) is 51.2. The molecule has 2 saturated heterocycles. The topological polar surface area (TPSA) is 264 Å². The zero-order chi connectivity index (χ0) is 52.7. The van der Waals surface area contributed by atoms with Gasteiger partial charge in [-0.2, -0.15) is 20.7 Å². The van der Waals surface area contributed by atoms with Gasteiger partial charge in [0.1, 0.15) is 52.6 Å². The third-order valence-corrected chi connectivity index (χ3v) is 15.1. The molecule has 0 bridgehead atoms. The summed E-state index contributed by atoms with van der Waals surface area (Å²) in [6.07, 6.45) is 6.42. The van der Waals surface area contributed by atoms with E-state index >= 15 is 0 Å². The van der Waals surface area contributed by atoms with E-state index in [9.17, 15) is 19.2 Å². The highest BCUT2D eigenvalue weighted by Crippen LogP contribution is 2.32. The SMILES string of the molecule is C[C@@H](NC(=O)c1c[nH]c2ncc(-c3nn(C)c4cc(Cl)ccc34)nc12)C(=O)N1CC(C#N)C1.C[C@@H](NC(=O)c1cn(COCC[Si](C)(C)C)c2ncc(-c3nn(C)c4cc(Cl)ccc34)nc12)C(=O)N1CC(C#N)C1. The molecule has 0 aliphatic carbocycles. The lowest BCUT2D eigenvalue weighted by atomic mass is 10.0. The Morgan fingerprint density at radius 1 is 0.770 bits per heavy atom. The summed E-state index contributed by atoms with van der Waals surface area (Å²) in [5.74, 6) is -1.64. The molecule has 8 aromatic rings. The van der Waals surface area contributed by atoms with Crippen molar-refractivity contribution >= 4 is 99.0 Å². The van der Waals surface area contributed by atoms with Crippen LogP contribution in [0.15, 0.2) is 61.2 Å². The summed E-state index contributed by atoms with van der Waals surface area (Å²) in [6.45, 7) is 12.5. The molecular weight excluding hydrogens is 1000 g/mol. The molecule has 8 heterocycles. The Kier molecular flexibility index (Phi) is 14.3. The zero-order valence-electron chi connectivity index (χ0n) is 41.6. The molecule has 0 saturated carbocycles. The highest BCUT2D eigenvalue weighted by atomic mass is 35.5. The second kappa shape index (κ2) is 20.6. The van der Waals surface area contributed by atoms with Crippen LogP contribution in [0.4, 0.5) is 0 Å². The highest BCUT2D eigenvalue weighted by molar-refractivity contribution is 6.76. The Morgan fingerprint density at radius 2 is 1.27 bits per heavy atom. The number of nitrogens with zero attached hydrogens (tertiary/aromatic N) is 13. The van der Waals surface area contributed by atoms with Crippen LogP contribution in [0.5, 0.6) is 0 Å². The van der Waals surface area contributed by atoms with Crippen LogP contribution in [0.3, 0.4) is 0 Å². The van der Waals surface area contributed by atoms with Gasteiger partial charge in [0, 0.05) is 88.2 Å². The maximum Gasteiger partial charge on any atom is 0.255 e. The van der Waals surface area contributed by atoms with Gasteiger partial charge in [0.2, 0.25) is 11.8 Å². The van der Waals surface area contributed by atoms with E-state index in [0.29, 0.717) is 87.9 Å². The van der Waals surface area contributed by atoms with Crippen LogP contribution in [0.2, 0.25) is 35.7 Å². The van der Waals surface area contributed by atoms with Crippen LogP contribution in [-0.4, -0.2) is 135 Å². The zero-order valence-corrected chi connectivity index (χ0v) is 44.2. The van der Waals surface area contributed by atoms with Crippen molar-refractivity contribution in [2.45, 2.75) is 58.3 Å². The monoisotopic (exact) mass is 1050 g/mol. The number of benzene rings is 2. The Morgan fingerprint density at radius 3 is 1.78 bits per heavy atom. The van der Waals surface area contributed by atoms with Gasteiger partial charge < -0.3 is 34.7 Å². The summed E-state index contributed by atoms with van der Waals surface area (Å²) in [4.78, 5) is 76.4. The Balaban J connectivity index is 0.000000186. The lowest BCUT2D eigenvalue weighted by molar-refractivity contribution is -0.138. The predicted octanol–water partition coefficient (Wildman–Crippen LogP) is 6.32. The molecule has 2 aliphatic rings. The number of amides is 4. The number of hydrogen-bond acceptors (Lipinski definition) is 13. The molecule has 2 aromatic carbocycles. The highest BCUT2D eigenvalue weighted by Gasteiger charge is 2.35. The summed E-state index contributed by atoms with van der Waals surface area (Å²) < 4.78 is 11.2. The number of fused-ring (bicyclic) bond motifs is 4. The van der Waals surface area contributed by atoms with Gasteiger partial charge in [-0.25, -0.2) is 19.9 Å². The number of ether oxygens (including phenoxy) is 1. The number of carbonyl (C=O) groups is 4. The lowest BCUT2D eigenvalue weighted by Gasteiger charge is -2.37. The first-order valence-corrected chi connectivity index (χ1v) is 28.3. The summed E-state index contributed by atoms with van der Waals surface area (Å²) in [5.41, 5.74) is 6.22. The molecule has 0 unspecified atom stereocenters. The van der Waals surface area contributed by atoms with Crippen molar-refractivity contribution in [3.63, 3.8) is 0 Å². The molecular formula is C50H52Cl2N16O5Si. The Bertz CT molecular complexity index is 3610. The molecule has 6 aromatic heterocycles. The predicted molar refractivity (Wildman–Crippen MR) is 280 cm³/mol. The maximum atomic E-state index is 13.5. The van der Waals surface area contributed by atoms with Gasteiger partial charge in [-0.05, 0) is 56.3 Å². The maximum absolute atomic E-state index is 13.5. The van der Waals surface area contributed by atoms with Gasteiger partial charge in [-0.15, -0.1) is 0 Å². The van der Waals surface area contributed by atoms with Gasteiger partial charge in [-0.3, -0.25) is 28.5 Å². The molecule has 4 amide bonds. The molecule has 0 spiro atoms. The number of rotatable bonds is 13. The van der Waals surface area contributed by atoms with Crippen LogP contribution >= 0.6 is 23.2 Å². The summed E-state index contributed by atoms with van der Waals surface area (Å²) in [6, 6.07) is 14.8. The minimum Gasteiger partial charge on any atom is -0.361 e. The summed E-state index contributed by atoms with van der Waals surface area (Å²) in [5, 5.41) is 35.6. The molecule has 21 nitrogen and oxygen atoms in total. The Hall–Kier alpha value is -7.76. The van der Waals surface area contributed by atoms with Crippen molar-refractivity contribution in [1.82, 2.24) is 69.5 Å². The number of aromatic nitrogens is 10. The van der Waals surface area contributed by atoms with E-state index in [1.165, 1.54) is 6.20 Å². The van der Waals surface area contributed by atoms with Gasteiger partial charge in [0.05, 0.1) is 58.5 Å². The van der Waals surface area contributed by atoms with Gasteiger partial charge in [0.15, 0.2) is 11.3 Å². The summed E-state index contributed by atoms with van der Waals surface area (Å²) >= 11 is 12.3. The third kappa shape index (κ3) is 10.4. The number of carbonyl (C=O) groups excluding carboxylic acids is 4. The van der Waals surface area contributed by atoms with Crippen LogP contribution in [0.1, 0.15) is 34.6 Å². The van der Waals surface area contributed by atoms with E-state index in [1.54, 1.807) is 68.3 Å². The summed E-state index contributed by atoms with van der Waals surface area (Å²) in [7, 11) is 2.38. The quantitative estimate of drug-likeness (QED) is 0.0845. The van der Waals surface area contributed by atoms with E-state index in [4.69, 9.17) is 43.4 Å². The van der Waals surface area contributed by atoms with Crippen molar-refractivity contribution in [2.24, 2.45) is 25.9 Å².